The summed E-state index contributed by atoms with van der Waals surface area (Å²) < 4.78 is 11.2. The van der Waals surface area contributed by atoms with Crippen LogP contribution in [-0.4, -0.2) is 40.6 Å². The third kappa shape index (κ3) is 4.12. The number of carbonyl (C=O) groups is 1. The number of nitrogens with zero attached hydrogens (tertiary/aromatic N) is 1. The highest BCUT2D eigenvalue weighted by atomic mass is 16.6. The van der Waals surface area contributed by atoms with Crippen LogP contribution in [0.2, 0.25) is 0 Å². The monoisotopic (exact) mass is 319 g/mol. The second-order valence-corrected chi connectivity index (χ2v) is 6.83. The molecular weight excluding hydrogens is 294 g/mol. The maximum Gasteiger partial charge on any atom is 0.413 e. The summed E-state index contributed by atoms with van der Waals surface area (Å²) in [6.45, 7) is 11.2. The van der Waals surface area contributed by atoms with Gasteiger partial charge in [0.15, 0.2) is 6.23 Å². The molecule has 5 nitrogen and oxygen atoms in total. The molecule has 2 rings (SSSR count). The molecule has 1 heterocycles. The molecule has 3 atom stereocenters. The first-order valence-corrected chi connectivity index (χ1v) is 7.72. The van der Waals surface area contributed by atoms with Gasteiger partial charge in [-0.1, -0.05) is 36.9 Å². The smallest absolute Gasteiger partial charge is 0.413 e. The largest absolute Gasteiger partial charge is 0.444 e. The number of aliphatic hydroxyl groups excluding tert-OH is 1. The highest BCUT2D eigenvalue weighted by molar-refractivity contribution is 5.69. The zero-order valence-corrected chi connectivity index (χ0v) is 14.2. The van der Waals surface area contributed by atoms with Crippen molar-refractivity contribution in [3.05, 3.63) is 48.0 Å². The van der Waals surface area contributed by atoms with E-state index in [1.165, 1.54) is 4.90 Å². The fraction of sp³-hybridized carbons (Fsp3) is 0.500. The molecule has 1 saturated heterocycles. The minimum atomic E-state index is -0.962. The number of aliphatic hydroxyl groups is 1. The van der Waals surface area contributed by atoms with Crippen molar-refractivity contribution in [1.29, 1.82) is 0 Å². The summed E-state index contributed by atoms with van der Waals surface area (Å²) in [5.41, 5.74) is 0.853. The Hall–Kier alpha value is -1.85. The molecule has 0 bridgehead atoms. The van der Waals surface area contributed by atoms with Gasteiger partial charge in [0.25, 0.3) is 0 Å². The van der Waals surface area contributed by atoms with E-state index in [-0.39, 0.29) is 6.04 Å². The first kappa shape index (κ1) is 17.5. The van der Waals surface area contributed by atoms with Crippen LogP contribution in [0.1, 0.15) is 39.3 Å². The number of carbonyl (C=O) groups excluding carboxylic acids is 1. The Balaban J connectivity index is 2.32. The lowest BCUT2D eigenvalue weighted by molar-refractivity contribution is -0.0579. The van der Waals surface area contributed by atoms with Crippen LogP contribution in [0.3, 0.4) is 0 Å². The molecule has 0 aliphatic carbocycles. The molecule has 1 aliphatic rings. The third-order valence-corrected chi connectivity index (χ3v) is 3.60. The molecule has 1 aromatic carbocycles. The van der Waals surface area contributed by atoms with Crippen molar-refractivity contribution in [3.8, 4) is 0 Å². The molecule has 0 unspecified atom stereocenters. The van der Waals surface area contributed by atoms with Crippen LogP contribution in [0.4, 0.5) is 4.79 Å². The number of benzene rings is 1. The maximum atomic E-state index is 12.7. The highest BCUT2D eigenvalue weighted by Crippen LogP contribution is 2.34. The quantitative estimate of drug-likeness (QED) is 0.869. The van der Waals surface area contributed by atoms with E-state index in [4.69, 9.17) is 9.47 Å². The van der Waals surface area contributed by atoms with Crippen molar-refractivity contribution in [3.63, 3.8) is 0 Å². The molecule has 1 aromatic rings. The lowest BCUT2D eigenvalue weighted by atomic mass is 10.1. The van der Waals surface area contributed by atoms with Gasteiger partial charge in [-0.15, -0.1) is 0 Å². The predicted molar refractivity (Wildman–Crippen MR) is 87.8 cm³/mol. The van der Waals surface area contributed by atoms with E-state index in [1.54, 1.807) is 6.92 Å². The van der Waals surface area contributed by atoms with E-state index in [0.29, 0.717) is 12.2 Å². The molecule has 0 radical (unpaired) electrons. The average molecular weight is 319 g/mol. The standard InChI is InChI=1S/C18H25NO4/c1-12(2)15(20)16-19(17(21)23-18(3,4)5)14(11-22-16)13-9-7-6-8-10-13/h6-10,14-16,20H,1,11H2,2-5H3/t14-,15-,16+/m1/s1. The summed E-state index contributed by atoms with van der Waals surface area (Å²) in [5.74, 6) is 0. The van der Waals surface area contributed by atoms with Gasteiger partial charge in [0.2, 0.25) is 0 Å². The zero-order valence-electron chi connectivity index (χ0n) is 14.2. The predicted octanol–water partition coefficient (Wildman–Crippen LogP) is 3.26. The molecule has 0 spiro atoms. The third-order valence-electron chi connectivity index (χ3n) is 3.60. The lowest BCUT2D eigenvalue weighted by Crippen LogP contribution is -2.47. The molecule has 126 valence electrons. The van der Waals surface area contributed by atoms with Crippen molar-refractivity contribution in [2.24, 2.45) is 0 Å². The molecule has 0 aromatic heterocycles. The summed E-state index contributed by atoms with van der Waals surface area (Å²) in [6, 6.07) is 9.29. The summed E-state index contributed by atoms with van der Waals surface area (Å²) in [5, 5.41) is 10.3. The second-order valence-electron chi connectivity index (χ2n) is 6.83. The Kier molecular flexibility index (Phi) is 5.12. The van der Waals surface area contributed by atoms with Gasteiger partial charge < -0.3 is 14.6 Å². The highest BCUT2D eigenvalue weighted by Gasteiger charge is 2.44. The van der Waals surface area contributed by atoms with Gasteiger partial charge >= 0.3 is 6.09 Å². The fourth-order valence-electron chi connectivity index (χ4n) is 2.49. The Labute approximate surface area is 137 Å². The maximum absolute atomic E-state index is 12.7. The van der Waals surface area contributed by atoms with Crippen LogP contribution in [0.15, 0.2) is 42.5 Å². The summed E-state index contributed by atoms with van der Waals surface area (Å²) >= 11 is 0. The van der Waals surface area contributed by atoms with E-state index < -0.39 is 24.0 Å². The molecule has 1 fully saturated rings. The molecule has 0 saturated carbocycles. The Morgan fingerprint density at radius 3 is 2.52 bits per heavy atom. The zero-order chi connectivity index (χ0) is 17.2. The molecule has 5 heteroatoms. The van der Waals surface area contributed by atoms with Gasteiger partial charge in [0.05, 0.1) is 12.6 Å². The van der Waals surface area contributed by atoms with E-state index in [2.05, 4.69) is 6.58 Å². The van der Waals surface area contributed by atoms with E-state index in [0.717, 1.165) is 5.56 Å². The average Bonchev–Trinajstić information content (AvgIpc) is 2.90. The van der Waals surface area contributed by atoms with Crippen LogP contribution >= 0.6 is 0 Å². The van der Waals surface area contributed by atoms with E-state index in [1.807, 2.05) is 51.1 Å². The van der Waals surface area contributed by atoms with Gasteiger partial charge in [-0.25, -0.2) is 4.79 Å². The van der Waals surface area contributed by atoms with E-state index in [9.17, 15) is 9.90 Å². The Morgan fingerprint density at radius 1 is 1.39 bits per heavy atom. The van der Waals surface area contributed by atoms with Crippen molar-refractivity contribution in [1.82, 2.24) is 4.90 Å². The Morgan fingerprint density at radius 2 is 2.00 bits per heavy atom. The van der Waals surface area contributed by atoms with Crippen LogP contribution in [0.5, 0.6) is 0 Å². The topological polar surface area (TPSA) is 59.0 Å². The van der Waals surface area contributed by atoms with Gasteiger partial charge in [0.1, 0.15) is 11.7 Å². The summed E-state index contributed by atoms with van der Waals surface area (Å²) in [4.78, 5) is 14.1. The first-order chi connectivity index (χ1) is 10.7. The molecule has 1 amide bonds. The molecule has 23 heavy (non-hydrogen) atoms. The minimum absolute atomic E-state index is 0.301. The number of hydrogen-bond acceptors (Lipinski definition) is 4. The van der Waals surface area contributed by atoms with E-state index >= 15 is 0 Å². The SMILES string of the molecule is C=C(C)[C@@H](O)[C@@H]1OC[C@H](c2ccccc2)N1C(=O)OC(C)(C)C. The van der Waals surface area contributed by atoms with Gasteiger partial charge in [-0.2, -0.15) is 0 Å². The molecule has 1 aliphatic heterocycles. The first-order valence-electron chi connectivity index (χ1n) is 7.72. The lowest BCUT2D eigenvalue weighted by Gasteiger charge is -2.33. The van der Waals surface area contributed by atoms with Gasteiger partial charge in [-0.3, -0.25) is 4.90 Å². The number of ether oxygens (including phenoxy) is 2. The molecule has 1 N–H and O–H groups in total. The van der Waals surface area contributed by atoms with Crippen molar-refractivity contribution in [2.75, 3.05) is 6.61 Å². The second kappa shape index (κ2) is 6.72. The van der Waals surface area contributed by atoms with Crippen molar-refractivity contribution >= 4 is 6.09 Å². The van der Waals surface area contributed by atoms with Crippen LogP contribution in [0, 0.1) is 0 Å². The molecular formula is C18H25NO4. The summed E-state index contributed by atoms with van der Waals surface area (Å²) in [6.07, 6.45) is -2.27. The van der Waals surface area contributed by atoms with Gasteiger partial charge in [0, 0.05) is 0 Å². The fourth-order valence-corrected chi connectivity index (χ4v) is 2.49. The normalized spacial score (nSPS) is 22.7. The van der Waals surface area contributed by atoms with Crippen LogP contribution < -0.4 is 0 Å². The van der Waals surface area contributed by atoms with Crippen LogP contribution in [-0.2, 0) is 9.47 Å². The Bertz CT molecular complexity index is 564. The number of hydrogen-bond donors (Lipinski definition) is 1. The van der Waals surface area contributed by atoms with Crippen molar-refractivity contribution in [2.45, 2.75) is 51.7 Å². The van der Waals surface area contributed by atoms with Crippen molar-refractivity contribution < 1.29 is 19.4 Å². The summed E-state index contributed by atoms with van der Waals surface area (Å²) in [7, 11) is 0. The van der Waals surface area contributed by atoms with Gasteiger partial charge in [-0.05, 0) is 38.8 Å². The number of amides is 1. The minimum Gasteiger partial charge on any atom is -0.444 e. The number of rotatable bonds is 3. The van der Waals surface area contributed by atoms with Crippen LogP contribution in [0.25, 0.3) is 0 Å².